The van der Waals surface area contributed by atoms with E-state index in [-0.39, 0.29) is 12.5 Å². The number of ether oxygens (including phenoxy) is 2. The van der Waals surface area contributed by atoms with Crippen molar-refractivity contribution >= 4 is 11.9 Å². The van der Waals surface area contributed by atoms with Crippen molar-refractivity contribution < 1.29 is 24.2 Å². The van der Waals surface area contributed by atoms with Crippen LogP contribution >= 0.6 is 0 Å². The van der Waals surface area contributed by atoms with Gasteiger partial charge in [-0.3, -0.25) is 4.79 Å². The number of hydrogen-bond donors (Lipinski definition) is 2. The second-order valence-corrected chi connectivity index (χ2v) is 5.27. The van der Waals surface area contributed by atoms with Gasteiger partial charge in [-0.15, -0.1) is 0 Å². The van der Waals surface area contributed by atoms with Crippen LogP contribution in [0.25, 0.3) is 0 Å². The number of carboxylic acid groups (broad SMARTS) is 1. The SMILES string of the molecule is COc1ccccc1OCC(=O)NC(C)(C(=O)O)C1CC1. The second kappa shape index (κ2) is 6.03. The van der Waals surface area contributed by atoms with E-state index in [0.29, 0.717) is 11.5 Å². The highest BCUT2D eigenvalue weighted by Gasteiger charge is 2.48. The number of benzene rings is 1. The molecule has 6 nitrogen and oxygen atoms in total. The van der Waals surface area contributed by atoms with Gasteiger partial charge in [0.15, 0.2) is 18.1 Å². The van der Waals surface area contributed by atoms with Gasteiger partial charge in [-0.2, -0.15) is 0 Å². The van der Waals surface area contributed by atoms with Crippen LogP contribution in [0.4, 0.5) is 0 Å². The molecule has 0 radical (unpaired) electrons. The third-order valence-electron chi connectivity index (χ3n) is 3.67. The third kappa shape index (κ3) is 3.45. The summed E-state index contributed by atoms with van der Waals surface area (Å²) in [7, 11) is 1.51. The number of nitrogens with one attached hydrogen (secondary N) is 1. The van der Waals surface area contributed by atoms with Crippen LogP contribution in [0.1, 0.15) is 19.8 Å². The van der Waals surface area contributed by atoms with E-state index in [9.17, 15) is 14.7 Å². The molecule has 1 aliphatic rings. The van der Waals surface area contributed by atoms with Gasteiger partial charge in [0, 0.05) is 0 Å². The molecule has 0 aliphatic heterocycles. The molecule has 1 unspecified atom stereocenters. The number of carbonyl (C=O) groups excluding carboxylic acids is 1. The smallest absolute Gasteiger partial charge is 0.329 e. The summed E-state index contributed by atoms with van der Waals surface area (Å²) in [6.07, 6.45) is 1.63. The minimum Gasteiger partial charge on any atom is -0.493 e. The quantitative estimate of drug-likeness (QED) is 0.794. The normalized spacial score (nSPS) is 16.7. The summed E-state index contributed by atoms with van der Waals surface area (Å²) in [6, 6.07) is 6.96. The zero-order valence-electron chi connectivity index (χ0n) is 12.1. The third-order valence-corrected chi connectivity index (χ3v) is 3.67. The Kier molecular flexibility index (Phi) is 4.35. The molecule has 1 aromatic carbocycles. The van der Waals surface area contributed by atoms with Gasteiger partial charge in [-0.1, -0.05) is 12.1 Å². The molecule has 1 amide bonds. The van der Waals surface area contributed by atoms with Crippen molar-refractivity contribution in [1.82, 2.24) is 5.32 Å². The van der Waals surface area contributed by atoms with Crippen LogP contribution < -0.4 is 14.8 Å². The maximum Gasteiger partial charge on any atom is 0.329 e. The fourth-order valence-electron chi connectivity index (χ4n) is 2.20. The van der Waals surface area contributed by atoms with Gasteiger partial charge in [0.2, 0.25) is 0 Å². The summed E-state index contributed by atoms with van der Waals surface area (Å²) in [5.41, 5.74) is -1.22. The molecule has 1 aromatic rings. The van der Waals surface area contributed by atoms with Crippen LogP contribution in [0.2, 0.25) is 0 Å². The van der Waals surface area contributed by atoms with Crippen molar-refractivity contribution in [3.05, 3.63) is 24.3 Å². The molecule has 1 saturated carbocycles. The minimum absolute atomic E-state index is 0.00906. The lowest BCUT2D eigenvalue weighted by molar-refractivity contribution is -0.148. The lowest BCUT2D eigenvalue weighted by Gasteiger charge is -2.26. The molecule has 0 heterocycles. The largest absolute Gasteiger partial charge is 0.493 e. The maximum atomic E-state index is 11.9. The Bertz CT molecular complexity index is 541. The Morgan fingerprint density at radius 2 is 1.95 bits per heavy atom. The van der Waals surface area contributed by atoms with E-state index in [0.717, 1.165) is 12.8 Å². The van der Waals surface area contributed by atoms with Crippen LogP contribution in [0.3, 0.4) is 0 Å². The highest BCUT2D eigenvalue weighted by atomic mass is 16.5. The number of carboxylic acids is 1. The zero-order valence-corrected chi connectivity index (χ0v) is 12.1. The van der Waals surface area contributed by atoms with Crippen LogP contribution in [-0.2, 0) is 9.59 Å². The van der Waals surface area contributed by atoms with E-state index >= 15 is 0 Å². The van der Waals surface area contributed by atoms with Crippen LogP contribution in [0.5, 0.6) is 11.5 Å². The van der Waals surface area contributed by atoms with Gasteiger partial charge in [-0.05, 0) is 37.8 Å². The molecule has 0 aromatic heterocycles. The number of aliphatic carboxylic acids is 1. The van der Waals surface area contributed by atoms with Crippen molar-refractivity contribution in [2.75, 3.05) is 13.7 Å². The van der Waals surface area contributed by atoms with Crippen molar-refractivity contribution in [1.29, 1.82) is 0 Å². The Balaban J connectivity index is 1.94. The van der Waals surface area contributed by atoms with Crippen molar-refractivity contribution in [3.63, 3.8) is 0 Å². The molecule has 6 heteroatoms. The summed E-state index contributed by atoms with van der Waals surface area (Å²) in [5, 5.41) is 11.8. The second-order valence-electron chi connectivity index (χ2n) is 5.27. The van der Waals surface area contributed by atoms with Crippen LogP contribution in [0.15, 0.2) is 24.3 Å². The minimum atomic E-state index is -1.22. The molecule has 1 fully saturated rings. The molecule has 0 spiro atoms. The lowest BCUT2D eigenvalue weighted by atomic mass is 9.96. The monoisotopic (exact) mass is 293 g/mol. The van der Waals surface area contributed by atoms with E-state index < -0.39 is 17.4 Å². The predicted octanol–water partition coefficient (Wildman–Crippen LogP) is 1.44. The topological polar surface area (TPSA) is 84.9 Å². The standard InChI is InChI=1S/C15H19NO5/c1-15(14(18)19,10-7-8-10)16-13(17)9-21-12-6-4-3-5-11(12)20-2/h3-6,10H,7-9H2,1-2H3,(H,16,17)(H,18,19). The molecule has 2 rings (SSSR count). The van der Waals surface area contributed by atoms with E-state index in [2.05, 4.69) is 5.32 Å². The molecular formula is C15H19NO5. The van der Waals surface area contributed by atoms with E-state index in [4.69, 9.17) is 9.47 Å². The molecule has 0 bridgehead atoms. The highest BCUT2D eigenvalue weighted by Crippen LogP contribution is 2.39. The number of amides is 1. The Hall–Kier alpha value is -2.24. The average Bonchev–Trinajstić information content (AvgIpc) is 3.30. The van der Waals surface area contributed by atoms with Crippen LogP contribution in [0, 0.1) is 5.92 Å². The first kappa shape index (κ1) is 15.2. The molecule has 21 heavy (non-hydrogen) atoms. The lowest BCUT2D eigenvalue weighted by Crippen LogP contribution is -2.55. The zero-order chi connectivity index (χ0) is 15.5. The number of hydrogen-bond acceptors (Lipinski definition) is 4. The molecule has 1 atom stereocenters. The van der Waals surface area contributed by atoms with Gasteiger partial charge in [-0.25, -0.2) is 4.79 Å². The number of para-hydroxylation sites is 2. The summed E-state index contributed by atoms with van der Waals surface area (Å²) in [6.45, 7) is 1.28. The van der Waals surface area contributed by atoms with Gasteiger partial charge in [0.05, 0.1) is 7.11 Å². The highest BCUT2D eigenvalue weighted by molar-refractivity contribution is 5.88. The van der Waals surface area contributed by atoms with E-state index in [1.165, 1.54) is 14.0 Å². The number of rotatable bonds is 7. The Morgan fingerprint density at radius 3 is 2.48 bits per heavy atom. The van der Waals surface area contributed by atoms with Gasteiger partial charge < -0.3 is 19.9 Å². The van der Waals surface area contributed by atoms with Gasteiger partial charge in [0.25, 0.3) is 5.91 Å². The van der Waals surface area contributed by atoms with Gasteiger partial charge >= 0.3 is 5.97 Å². The first-order chi connectivity index (χ1) is 9.97. The van der Waals surface area contributed by atoms with E-state index in [1.54, 1.807) is 24.3 Å². The van der Waals surface area contributed by atoms with Crippen molar-refractivity contribution in [3.8, 4) is 11.5 Å². The first-order valence-electron chi connectivity index (χ1n) is 6.77. The molecular weight excluding hydrogens is 274 g/mol. The van der Waals surface area contributed by atoms with Crippen LogP contribution in [-0.4, -0.2) is 36.2 Å². The number of methoxy groups -OCH3 is 1. The van der Waals surface area contributed by atoms with Gasteiger partial charge in [0.1, 0.15) is 5.54 Å². The van der Waals surface area contributed by atoms with Crippen molar-refractivity contribution in [2.24, 2.45) is 5.92 Å². The molecule has 2 N–H and O–H groups in total. The predicted molar refractivity (Wildman–Crippen MR) is 75.4 cm³/mol. The maximum absolute atomic E-state index is 11.9. The summed E-state index contributed by atoms with van der Waals surface area (Å²) in [5.74, 6) is -0.523. The van der Waals surface area contributed by atoms with E-state index in [1.807, 2.05) is 0 Å². The summed E-state index contributed by atoms with van der Waals surface area (Å²) >= 11 is 0. The summed E-state index contributed by atoms with van der Waals surface area (Å²) in [4.78, 5) is 23.3. The molecule has 114 valence electrons. The molecule has 1 aliphatic carbocycles. The van der Waals surface area contributed by atoms with Crippen molar-refractivity contribution in [2.45, 2.75) is 25.3 Å². The fourth-order valence-corrected chi connectivity index (χ4v) is 2.20. The first-order valence-corrected chi connectivity index (χ1v) is 6.77. The Labute approximate surface area is 123 Å². The molecule has 0 saturated heterocycles. The average molecular weight is 293 g/mol. The summed E-state index contributed by atoms with van der Waals surface area (Å²) < 4.78 is 10.5. The Morgan fingerprint density at radius 1 is 1.33 bits per heavy atom. The fraction of sp³-hybridized carbons (Fsp3) is 0.467. The number of carbonyl (C=O) groups is 2.